The van der Waals surface area contributed by atoms with Crippen molar-refractivity contribution >= 4 is 5.91 Å². The number of hydrogen-bond donors (Lipinski definition) is 3. The molecule has 1 aromatic heterocycles. The Balaban J connectivity index is 1.80. The molecule has 0 bridgehead atoms. The van der Waals surface area contributed by atoms with Crippen LogP contribution in [0.15, 0.2) is 36.7 Å². The van der Waals surface area contributed by atoms with Crippen molar-refractivity contribution in [2.24, 2.45) is 0 Å². The lowest BCUT2D eigenvalue weighted by atomic mass is 9.72. The van der Waals surface area contributed by atoms with Gasteiger partial charge in [0.15, 0.2) is 0 Å². The molecular formula is C15H19N5O. The van der Waals surface area contributed by atoms with Crippen molar-refractivity contribution in [1.29, 1.82) is 0 Å². The lowest BCUT2D eigenvalue weighted by molar-refractivity contribution is -0.128. The maximum atomic E-state index is 12.8. The fraction of sp³-hybridized carbons (Fsp3) is 0.400. The smallest absolute Gasteiger partial charge is 0.231 e. The number of hydrogen-bond acceptors (Lipinski definition) is 4. The summed E-state index contributed by atoms with van der Waals surface area (Å²) in [6.45, 7) is 2.08. The van der Waals surface area contributed by atoms with Crippen LogP contribution in [0, 0.1) is 0 Å². The summed E-state index contributed by atoms with van der Waals surface area (Å²) in [6, 6.07) is 10.0. The Morgan fingerprint density at radius 2 is 2.00 bits per heavy atom. The van der Waals surface area contributed by atoms with E-state index in [1.807, 2.05) is 30.3 Å². The molecule has 1 aliphatic rings. The predicted octanol–water partition coefficient (Wildman–Crippen LogP) is 0.742. The van der Waals surface area contributed by atoms with Crippen molar-refractivity contribution in [3.63, 3.8) is 0 Å². The molecule has 110 valence electrons. The van der Waals surface area contributed by atoms with Gasteiger partial charge in [0.2, 0.25) is 5.91 Å². The summed E-state index contributed by atoms with van der Waals surface area (Å²) in [4.78, 5) is 16.8. The zero-order chi connectivity index (χ0) is 14.5. The highest BCUT2D eigenvalue weighted by Crippen LogP contribution is 2.33. The Morgan fingerprint density at radius 3 is 2.67 bits per heavy atom. The monoisotopic (exact) mass is 285 g/mol. The third-order valence-corrected chi connectivity index (χ3v) is 4.10. The Labute approximate surface area is 123 Å². The number of amides is 1. The van der Waals surface area contributed by atoms with Crippen molar-refractivity contribution in [2.75, 3.05) is 13.1 Å². The highest BCUT2D eigenvalue weighted by molar-refractivity contribution is 5.88. The summed E-state index contributed by atoms with van der Waals surface area (Å²) < 4.78 is 0. The van der Waals surface area contributed by atoms with Crippen molar-refractivity contribution in [2.45, 2.75) is 24.8 Å². The number of carbonyl (C=O) groups excluding carboxylic acids is 1. The zero-order valence-electron chi connectivity index (χ0n) is 11.8. The van der Waals surface area contributed by atoms with E-state index in [4.69, 9.17) is 0 Å². The van der Waals surface area contributed by atoms with E-state index >= 15 is 0 Å². The van der Waals surface area contributed by atoms with Crippen LogP contribution < -0.4 is 10.6 Å². The highest BCUT2D eigenvalue weighted by atomic mass is 16.2. The molecule has 2 aromatic rings. The van der Waals surface area contributed by atoms with Gasteiger partial charge in [-0.1, -0.05) is 30.3 Å². The average Bonchev–Trinajstić information content (AvgIpc) is 3.07. The summed E-state index contributed by atoms with van der Waals surface area (Å²) in [5.74, 6) is 0.729. The first-order valence-corrected chi connectivity index (χ1v) is 7.20. The Bertz CT molecular complexity index is 575. The van der Waals surface area contributed by atoms with Gasteiger partial charge in [-0.05, 0) is 31.5 Å². The SMILES string of the molecule is O=C(NCc1ncn[nH]1)C1(c2ccccc2)CCNCC1. The highest BCUT2D eigenvalue weighted by Gasteiger charge is 2.40. The third-order valence-electron chi connectivity index (χ3n) is 4.10. The van der Waals surface area contributed by atoms with E-state index < -0.39 is 5.41 Å². The molecule has 0 saturated carbocycles. The van der Waals surface area contributed by atoms with Crippen LogP contribution in [0.1, 0.15) is 24.2 Å². The molecule has 6 nitrogen and oxygen atoms in total. The average molecular weight is 285 g/mol. The number of carbonyl (C=O) groups is 1. The van der Waals surface area contributed by atoms with Crippen LogP contribution in [0.5, 0.6) is 0 Å². The van der Waals surface area contributed by atoms with Crippen LogP contribution in [-0.4, -0.2) is 34.2 Å². The lowest BCUT2D eigenvalue weighted by Gasteiger charge is -2.36. The quantitative estimate of drug-likeness (QED) is 0.774. The van der Waals surface area contributed by atoms with E-state index in [9.17, 15) is 4.79 Å². The second-order valence-corrected chi connectivity index (χ2v) is 5.31. The molecule has 1 aliphatic heterocycles. The number of H-pyrrole nitrogens is 1. The number of benzene rings is 1. The van der Waals surface area contributed by atoms with Gasteiger partial charge in [0, 0.05) is 0 Å². The first-order chi connectivity index (χ1) is 10.3. The maximum absolute atomic E-state index is 12.8. The molecule has 2 heterocycles. The van der Waals surface area contributed by atoms with Gasteiger partial charge >= 0.3 is 0 Å². The molecule has 21 heavy (non-hydrogen) atoms. The summed E-state index contributed by atoms with van der Waals surface area (Å²) in [7, 11) is 0. The van der Waals surface area contributed by atoms with Gasteiger partial charge in [-0.25, -0.2) is 4.98 Å². The van der Waals surface area contributed by atoms with E-state index in [0.29, 0.717) is 12.4 Å². The van der Waals surface area contributed by atoms with Crippen molar-refractivity contribution < 1.29 is 4.79 Å². The van der Waals surface area contributed by atoms with Crippen molar-refractivity contribution in [1.82, 2.24) is 25.8 Å². The van der Waals surface area contributed by atoms with E-state index in [2.05, 4.69) is 25.8 Å². The Kier molecular flexibility index (Phi) is 3.96. The number of aromatic nitrogens is 3. The molecule has 0 unspecified atom stereocenters. The van der Waals surface area contributed by atoms with Gasteiger partial charge in [-0.2, -0.15) is 5.10 Å². The molecule has 3 rings (SSSR count). The van der Waals surface area contributed by atoms with Gasteiger partial charge in [0.05, 0.1) is 12.0 Å². The molecule has 1 fully saturated rings. The minimum Gasteiger partial charge on any atom is -0.348 e. The van der Waals surface area contributed by atoms with Gasteiger partial charge in [0.25, 0.3) is 0 Å². The zero-order valence-corrected chi connectivity index (χ0v) is 11.8. The molecule has 0 aliphatic carbocycles. The van der Waals surface area contributed by atoms with E-state index in [1.165, 1.54) is 6.33 Å². The maximum Gasteiger partial charge on any atom is 0.231 e. The van der Waals surface area contributed by atoms with E-state index in [1.54, 1.807) is 0 Å². The molecule has 1 amide bonds. The number of piperidine rings is 1. The lowest BCUT2D eigenvalue weighted by Crippen LogP contribution is -2.50. The summed E-state index contributed by atoms with van der Waals surface area (Å²) in [5.41, 5.74) is 0.633. The van der Waals surface area contributed by atoms with Crippen LogP contribution in [0.3, 0.4) is 0 Å². The fourth-order valence-electron chi connectivity index (χ4n) is 2.91. The van der Waals surface area contributed by atoms with Gasteiger partial charge in [-0.3, -0.25) is 9.89 Å². The molecule has 1 saturated heterocycles. The van der Waals surface area contributed by atoms with Gasteiger partial charge in [-0.15, -0.1) is 0 Å². The van der Waals surface area contributed by atoms with E-state index in [0.717, 1.165) is 31.5 Å². The first-order valence-electron chi connectivity index (χ1n) is 7.20. The van der Waals surface area contributed by atoms with Gasteiger partial charge in [0.1, 0.15) is 12.2 Å². The summed E-state index contributed by atoms with van der Waals surface area (Å²) in [5, 5.41) is 12.9. The number of rotatable bonds is 4. The fourth-order valence-corrected chi connectivity index (χ4v) is 2.91. The Morgan fingerprint density at radius 1 is 1.24 bits per heavy atom. The third kappa shape index (κ3) is 2.80. The number of aromatic amines is 1. The molecule has 0 spiro atoms. The first kappa shape index (κ1) is 13.8. The van der Waals surface area contributed by atoms with Crippen molar-refractivity contribution in [3.05, 3.63) is 48.0 Å². The second kappa shape index (κ2) is 6.05. The van der Waals surface area contributed by atoms with Crippen LogP contribution in [0.4, 0.5) is 0 Å². The van der Waals surface area contributed by atoms with Crippen molar-refractivity contribution in [3.8, 4) is 0 Å². The largest absolute Gasteiger partial charge is 0.348 e. The molecule has 6 heteroatoms. The summed E-state index contributed by atoms with van der Waals surface area (Å²) >= 11 is 0. The van der Waals surface area contributed by atoms with Gasteiger partial charge < -0.3 is 10.6 Å². The minimum atomic E-state index is -0.452. The van der Waals surface area contributed by atoms with Crippen LogP contribution >= 0.6 is 0 Å². The Hall–Kier alpha value is -2.21. The molecule has 0 atom stereocenters. The summed E-state index contributed by atoms with van der Waals surface area (Å²) in [6.07, 6.45) is 3.05. The topological polar surface area (TPSA) is 82.7 Å². The predicted molar refractivity (Wildman–Crippen MR) is 78.5 cm³/mol. The molecule has 1 aromatic carbocycles. The minimum absolute atomic E-state index is 0.0617. The molecular weight excluding hydrogens is 266 g/mol. The normalized spacial score (nSPS) is 17.3. The van der Waals surface area contributed by atoms with E-state index in [-0.39, 0.29) is 5.91 Å². The standard InChI is InChI=1S/C15H19N5O/c21-14(17-10-13-18-11-19-20-13)15(6-8-16-9-7-15)12-4-2-1-3-5-12/h1-5,11,16H,6-10H2,(H,17,21)(H,18,19,20). The number of nitrogens with one attached hydrogen (secondary N) is 3. The molecule has 3 N–H and O–H groups in total. The number of nitrogens with zero attached hydrogens (tertiary/aromatic N) is 2. The molecule has 0 radical (unpaired) electrons. The van der Waals surface area contributed by atoms with Crippen LogP contribution in [-0.2, 0) is 16.8 Å². The van der Waals surface area contributed by atoms with Crippen LogP contribution in [0.2, 0.25) is 0 Å². The van der Waals surface area contributed by atoms with Crippen LogP contribution in [0.25, 0.3) is 0 Å². The second-order valence-electron chi connectivity index (χ2n) is 5.31.